The van der Waals surface area contributed by atoms with Crippen LogP contribution in [0.15, 0.2) is 54.6 Å². The Bertz CT molecular complexity index is 658. The van der Waals surface area contributed by atoms with Crippen molar-refractivity contribution in [2.75, 3.05) is 13.7 Å². The number of para-hydroxylation sites is 1. The van der Waals surface area contributed by atoms with Crippen LogP contribution in [0.2, 0.25) is 0 Å². The van der Waals surface area contributed by atoms with Crippen molar-refractivity contribution in [3.05, 3.63) is 70.3 Å². The van der Waals surface area contributed by atoms with Gasteiger partial charge in [0.1, 0.15) is 5.75 Å². The molecule has 0 saturated carbocycles. The van der Waals surface area contributed by atoms with Gasteiger partial charge >= 0.3 is 0 Å². The molecule has 0 atom stereocenters. The van der Waals surface area contributed by atoms with Gasteiger partial charge in [0, 0.05) is 25.7 Å². The van der Waals surface area contributed by atoms with E-state index >= 15 is 0 Å². The van der Waals surface area contributed by atoms with Crippen LogP contribution in [0, 0.1) is 10.1 Å². The fourth-order valence-electron chi connectivity index (χ4n) is 1.90. The second kappa shape index (κ2) is 7.21. The number of rotatable bonds is 6. The number of likely N-dealkylation sites (N-methyl/N-ethyl adjacent to an activating group) is 1. The lowest BCUT2D eigenvalue weighted by Gasteiger charge is -2.17. The van der Waals surface area contributed by atoms with Gasteiger partial charge in [-0.25, -0.2) is 0 Å². The van der Waals surface area contributed by atoms with E-state index in [2.05, 4.69) is 0 Å². The van der Waals surface area contributed by atoms with Gasteiger partial charge in [-0.15, -0.1) is 0 Å². The van der Waals surface area contributed by atoms with Gasteiger partial charge in [-0.1, -0.05) is 30.3 Å². The van der Waals surface area contributed by atoms with Gasteiger partial charge in [-0.05, 0) is 17.7 Å². The van der Waals surface area contributed by atoms with E-state index in [1.807, 2.05) is 18.2 Å². The van der Waals surface area contributed by atoms with Gasteiger partial charge in [0.2, 0.25) is 0 Å². The molecule has 2 aromatic rings. The third-order valence-corrected chi connectivity index (χ3v) is 3.07. The molecule has 0 aliphatic heterocycles. The molecular weight excluding hydrogens is 284 g/mol. The minimum atomic E-state index is -0.455. The summed E-state index contributed by atoms with van der Waals surface area (Å²) in [7, 11) is 1.63. The molecule has 0 aromatic heterocycles. The Morgan fingerprint density at radius 1 is 1.18 bits per heavy atom. The maximum atomic E-state index is 12.0. The van der Waals surface area contributed by atoms with Crippen molar-refractivity contribution in [3.8, 4) is 5.75 Å². The zero-order valence-corrected chi connectivity index (χ0v) is 12.1. The first-order valence-electron chi connectivity index (χ1n) is 6.71. The van der Waals surface area contributed by atoms with Crippen molar-refractivity contribution in [1.82, 2.24) is 4.90 Å². The summed E-state index contributed by atoms with van der Waals surface area (Å²) in [5.41, 5.74) is 0.712. The van der Waals surface area contributed by atoms with Crippen molar-refractivity contribution in [3.63, 3.8) is 0 Å². The van der Waals surface area contributed by atoms with Crippen LogP contribution in [0.5, 0.6) is 5.75 Å². The highest BCUT2D eigenvalue weighted by Crippen LogP contribution is 2.14. The van der Waals surface area contributed by atoms with E-state index in [4.69, 9.17) is 4.74 Å². The molecule has 114 valence electrons. The summed E-state index contributed by atoms with van der Waals surface area (Å²) in [6.45, 7) is 0.216. The number of hydrogen-bond acceptors (Lipinski definition) is 4. The van der Waals surface area contributed by atoms with Gasteiger partial charge in [0.15, 0.2) is 6.61 Å². The number of non-ortho nitro benzene ring substituents is 1. The monoisotopic (exact) mass is 300 g/mol. The van der Waals surface area contributed by atoms with Crippen LogP contribution >= 0.6 is 0 Å². The highest BCUT2D eigenvalue weighted by atomic mass is 16.6. The Balaban J connectivity index is 1.91. The second-order valence-corrected chi connectivity index (χ2v) is 4.78. The van der Waals surface area contributed by atoms with Gasteiger partial charge in [-0.3, -0.25) is 14.9 Å². The number of carbonyl (C=O) groups is 1. The minimum Gasteiger partial charge on any atom is -0.484 e. The smallest absolute Gasteiger partial charge is 0.269 e. The van der Waals surface area contributed by atoms with Crippen LogP contribution in [-0.2, 0) is 11.3 Å². The van der Waals surface area contributed by atoms with Crippen molar-refractivity contribution >= 4 is 11.6 Å². The fraction of sp³-hybridized carbons (Fsp3) is 0.188. The molecule has 2 aromatic carbocycles. The highest BCUT2D eigenvalue weighted by Gasteiger charge is 2.12. The summed E-state index contributed by atoms with van der Waals surface area (Å²) in [5, 5.41) is 10.7. The lowest BCUT2D eigenvalue weighted by molar-refractivity contribution is -0.384. The molecule has 0 aliphatic carbocycles. The number of hydrogen-bond donors (Lipinski definition) is 0. The Labute approximate surface area is 128 Å². The summed E-state index contributed by atoms with van der Waals surface area (Å²) in [6.07, 6.45) is 0. The molecule has 0 bridgehead atoms. The van der Waals surface area contributed by atoms with Crippen LogP contribution in [0.1, 0.15) is 5.56 Å². The summed E-state index contributed by atoms with van der Waals surface area (Å²) in [5.74, 6) is 0.426. The average Bonchev–Trinajstić information content (AvgIpc) is 2.53. The first-order chi connectivity index (χ1) is 10.6. The number of nitro benzene ring substituents is 1. The zero-order chi connectivity index (χ0) is 15.9. The van der Waals surface area contributed by atoms with E-state index in [0.717, 1.165) is 0 Å². The number of benzene rings is 2. The standard InChI is InChI=1S/C16H16N2O4/c1-17(11-13-6-5-7-14(10-13)18(20)21)16(19)12-22-15-8-3-2-4-9-15/h2-10H,11-12H2,1H3. The van der Waals surface area contributed by atoms with E-state index in [0.29, 0.717) is 17.9 Å². The molecule has 0 saturated heterocycles. The maximum Gasteiger partial charge on any atom is 0.269 e. The van der Waals surface area contributed by atoms with Crippen LogP contribution in [0.4, 0.5) is 5.69 Å². The Morgan fingerprint density at radius 3 is 2.59 bits per heavy atom. The highest BCUT2D eigenvalue weighted by molar-refractivity contribution is 5.77. The van der Waals surface area contributed by atoms with E-state index in [1.54, 1.807) is 31.3 Å². The first kappa shape index (κ1) is 15.5. The Hall–Kier alpha value is -2.89. The molecule has 0 fully saturated rings. The van der Waals surface area contributed by atoms with Gasteiger partial charge < -0.3 is 9.64 Å². The zero-order valence-electron chi connectivity index (χ0n) is 12.1. The molecular formula is C16H16N2O4. The average molecular weight is 300 g/mol. The molecule has 1 amide bonds. The third kappa shape index (κ3) is 4.31. The number of ether oxygens (including phenoxy) is 1. The summed E-state index contributed by atoms with van der Waals surface area (Å²) < 4.78 is 5.39. The van der Waals surface area contributed by atoms with Crippen LogP contribution in [0.3, 0.4) is 0 Å². The SMILES string of the molecule is CN(Cc1cccc([N+](=O)[O-])c1)C(=O)COc1ccccc1. The number of amides is 1. The van der Waals surface area contributed by atoms with Crippen LogP contribution in [0.25, 0.3) is 0 Å². The molecule has 0 N–H and O–H groups in total. The Morgan fingerprint density at radius 2 is 1.91 bits per heavy atom. The molecule has 0 spiro atoms. The topological polar surface area (TPSA) is 72.7 Å². The predicted molar refractivity (Wildman–Crippen MR) is 81.5 cm³/mol. The van der Waals surface area contributed by atoms with Gasteiger partial charge in [-0.2, -0.15) is 0 Å². The summed E-state index contributed by atoms with van der Waals surface area (Å²) in [6, 6.07) is 15.3. The fourth-order valence-corrected chi connectivity index (χ4v) is 1.90. The lowest BCUT2D eigenvalue weighted by Crippen LogP contribution is -2.30. The maximum absolute atomic E-state index is 12.0. The van der Waals surface area contributed by atoms with E-state index in [1.165, 1.54) is 17.0 Å². The van der Waals surface area contributed by atoms with E-state index in [-0.39, 0.29) is 18.2 Å². The second-order valence-electron chi connectivity index (χ2n) is 4.78. The molecule has 6 heteroatoms. The Kier molecular flexibility index (Phi) is 5.08. The van der Waals surface area contributed by atoms with E-state index in [9.17, 15) is 14.9 Å². The number of nitro groups is 1. The number of nitrogens with zero attached hydrogens (tertiary/aromatic N) is 2. The quantitative estimate of drug-likeness (QED) is 0.607. The van der Waals surface area contributed by atoms with Crippen molar-refractivity contribution in [2.24, 2.45) is 0 Å². The molecule has 0 aliphatic rings. The third-order valence-electron chi connectivity index (χ3n) is 3.07. The summed E-state index contributed by atoms with van der Waals surface area (Å²) >= 11 is 0. The molecule has 0 unspecified atom stereocenters. The molecule has 0 heterocycles. The first-order valence-corrected chi connectivity index (χ1v) is 6.71. The summed E-state index contributed by atoms with van der Waals surface area (Å²) in [4.78, 5) is 23.8. The normalized spacial score (nSPS) is 10.0. The molecule has 6 nitrogen and oxygen atoms in total. The van der Waals surface area contributed by atoms with Crippen molar-refractivity contribution in [1.29, 1.82) is 0 Å². The molecule has 2 rings (SSSR count). The largest absolute Gasteiger partial charge is 0.484 e. The van der Waals surface area contributed by atoms with Crippen molar-refractivity contribution < 1.29 is 14.5 Å². The van der Waals surface area contributed by atoms with Crippen molar-refractivity contribution in [2.45, 2.75) is 6.54 Å². The van der Waals surface area contributed by atoms with Gasteiger partial charge in [0.25, 0.3) is 11.6 Å². The number of carbonyl (C=O) groups excluding carboxylic acids is 1. The van der Waals surface area contributed by atoms with Gasteiger partial charge in [0.05, 0.1) is 4.92 Å². The molecule has 0 radical (unpaired) electrons. The lowest BCUT2D eigenvalue weighted by atomic mass is 10.2. The van der Waals surface area contributed by atoms with Crippen LogP contribution < -0.4 is 4.74 Å². The van der Waals surface area contributed by atoms with E-state index < -0.39 is 4.92 Å². The molecule has 22 heavy (non-hydrogen) atoms. The van der Waals surface area contributed by atoms with Crippen LogP contribution in [-0.4, -0.2) is 29.4 Å². The minimum absolute atomic E-state index is 0.0129. The predicted octanol–water partition coefficient (Wildman–Crippen LogP) is 2.63.